The highest BCUT2D eigenvalue weighted by molar-refractivity contribution is 7.98. The Hall–Kier alpha value is -1.80. The molecule has 0 amide bonds. The number of hydrogen-bond donors (Lipinski definition) is 2. The van der Waals surface area contributed by atoms with E-state index in [9.17, 15) is 18.0 Å². The van der Waals surface area contributed by atoms with Crippen molar-refractivity contribution in [1.29, 1.82) is 0 Å². The van der Waals surface area contributed by atoms with E-state index < -0.39 is 17.4 Å². The number of halogens is 3. The fourth-order valence-corrected chi connectivity index (χ4v) is 2.37. The Labute approximate surface area is 122 Å². The molecule has 0 atom stereocenters. The third kappa shape index (κ3) is 4.33. The van der Waals surface area contributed by atoms with Crippen molar-refractivity contribution in [1.82, 2.24) is 9.97 Å². The standard InChI is InChI=1S/C13H11F3N2O2S/c14-13(15,16)10-5-11(20)18-12(17-10)21-7-9-3-1-8(6-19)2-4-9/h1-5,19H,6-7H2,(H,17,18,20). The van der Waals surface area contributed by atoms with Crippen LogP contribution in [0, 0.1) is 0 Å². The summed E-state index contributed by atoms with van der Waals surface area (Å²) in [6, 6.07) is 7.38. The highest BCUT2D eigenvalue weighted by Gasteiger charge is 2.33. The molecule has 0 saturated carbocycles. The van der Waals surface area contributed by atoms with E-state index in [1.54, 1.807) is 24.3 Å². The highest BCUT2D eigenvalue weighted by Crippen LogP contribution is 2.28. The van der Waals surface area contributed by atoms with Crippen LogP contribution in [0.5, 0.6) is 0 Å². The van der Waals surface area contributed by atoms with E-state index in [1.807, 2.05) is 0 Å². The van der Waals surface area contributed by atoms with E-state index >= 15 is 0 Å². The molecule has 0 aliphatic rings. The van der Waals surface area contributed by atoms with Crippen molar-refractivity contribution >= 4 is 11.8 Å². The SMILES string of the molecule is O=c1cc(C(F)(F)F)nc(SCc2ccc(CO)cc2)[nH]1. The number of aromatic amines is 1. The molecule has 0 aliphatic heterocycles. The Morgan fingerprint density at radius 3 is 2.38 bits per heavy atom. The number of thioether (sulfide) groups is 1. The van der Waals surface area contributed by atoms with Crippen molar-refractivity contribution in [2.45, 2.75) is 23.7 Å². The Morgan fingerprint density at radius 2 is 1.81 bits per heavy atom. The molecule has 1 aromatic heterocycles. The number of H-pyrrole nitrogens is 1. The largest absolute Gasteiger partial charge is 0.433 e. The van der Waals surface area contributed by atoms with E-state index in [4.69, 9.17) is 5.11 Å². The molecule has 0 spiro atoms. The van der Waals surface area contributed by atoms with Crippen LogP contribution in [0.15, 0.2) is 40.3 Å². The molecule has 0 bridgehead atoms. The summed E-state index contributed by atoms with van der Waals surface area (Å²) in [5.74, 6) is 0.357. The van der Waals surface area contributed by atoms with Gasteiger partial charge in [-0.3, -0.25) is 4.79 Å². The first-order valence-corrected chi connectivity index (χ1v) is 6.87. The first kappa shape index (κ1) is 15.6. The van der Waals surface area contributed by atoms with Gasteiger partial charge >= 0.3 is 6.18 Å². The van der Waals surface area contributed by atoms with Crippen molar-refractivity contribution in [2.24, 2.45) is 0 Å². The molecule has 0 fully saturated rings. The molecule has 1 heterocycles. The average Bonchev–Trinajstić information content (AvgIpc) is 2.44. The van der Waals surface area contributed by atoms with Crippen LogP contribution in [-0.2, 0) is 18.5 Å². The molecule has 0 radical (unpaired) electrons. The molecule has 8 heteroatoms. The summed E-state index contributed by atoms with van der Waals surface area (Å²) in [5.41, 5.74) is -0.452. The molecule has 0 saturated heterocycles. The first-order chi connectivity index (χ1) is 9.88. The van der Waals surface area contributed by atoms with Crippen LogP contribution in [0.3, 0.4) is 0 Å². The number of aliphatic hydroxyl groups is 1. The minimum Gasteiger partial charge on any atom is -0.392 e. The third-order valence-electron chi connectivity index (χ3n) is 2.59. The van der Waals surface area contributed by atoms with Crippen molar-refractivity contribution in [2.75, 3.05) is 0 Å². The lowest BCUT2D eigenvalue weighted by atomic mass is 10.2. The van der Waals surface area contributed by atoms with Gasteiger partial charge in [0.25, 0.3) is 5.56 Å². The first-order valence-electron chi connectivity index (χ1n) is 5.88. The smallest absolute Gasteiger partial charge is 0.392 e. The zero-order valence-corrected chi connectivity index (χ0v) is 11.5. The summed E-state index contributed by atoms with van der Waals surface area (Å²) in [4.78, 5) is 16.9. The topological polar surface area (TPSA) is 66.0 Å². The number of alkyl halides is 3. The summed E-state index contributed by atoms with van der Waals surface area (Å²) in [7, 11) is 0. The predicted molar refractivity (Wildman–Crippen MR) is 71.8 cm³/mol. The van der Waals surface area contributed by atoms with Gasteiger partial charge in [-0.25, -0.2) is 4.98 Å². The van der Waals surface area contributed by atoms with Gasteiger partial charge in [-0.15, -0.1) is 0 Å². The van der Waals surface area contributed by atoms with Crippen LogP contribution in [-0.4, -0.2) is 15.1 Å². The second-order valence-corrected chi connectivity index (χ2v) is 5.16. The second kappa shape index (κ2) is 6.31. The number of nitrogens with zero attached hydrogens (tertiary/aromatic N) is 1. The molecule has 2 aromatic rings. The molecular formula is C13H11F3N2O2S. The Morgan fingerprint density at radius 1 is 1.19 bits per heavy atom. The molecule has 21 heavy (non-hydrogen) atoms. The van der Waals surface area contributed by atoms with E-state index in [0.29, 0.717) is 11.8 Å². The van der Waals surface area contributed by atoms with Gasteiger partial charge in [-0.2, -0.15) is 13.2 Å². The van der Waals surface area contributed by atoms with Gasteiger partial charge in [-0.1, -0.05) is 36.0 Å². The molecule has 4 nitrogen and oxygen atoms in total. The third-order valence-corrected chi connectivity index (χ3v) is 3.54. The molecular weight excluding hydrogens is 305 g/mol. The lowest BCUT2D eigenvalue weighted by Crippen LogP contribution is -2.16. The number of hydrogen-bond acceptors (Lipinski definition) is 4. The Balaban J connectivity index is 2.12. The van der Waals surface area contributed by atoms with Crippen LogP contribution in [0.2, 0.25) is 0 Å². The Bertz CT molecular complexity index is 668. The Kier molecular flexibility index (Phi) is 4.69. The van der Waals surface area contributed by atoms with Gasteiger partial charge in [0.15, 0.2) is 10.9 Å². The van der Waals surface area contributed by atoms with Crippen molar-refractivity contribution < 1.29 is 18.3 Å². The van der Waals surface area contributed by atoms with Gasteiger partial charge in [0, 0.05) is 11.8 Å². The highest BCUT2D eigenvalue weighted by atomic mass is 32.2. The lowest BCUT2D eigenvalue weighted by molar-refractivity contribution is -0.141. The molecule has 0 unspecified atom stereocenters. The second-order valence-electron chi connectivity index (χ2n) is 4.20. The lowest BCUT2D eigenvalue weighted by Gasteiger charge is -2.07. The zero-order valence-electron chi connectivity index (χ0n) is 10.6. The molecule has 2 rings (SSSR count). The van der Waals surface area contributed by atoms with E-state index in [1.165, 1.54) is 0 Å². The van der Waals surface area contributed by atoms with Crippen LogP contribution >= 0.6 is 11.8 Å². The maximum Gasteiger partial charge on any atom is 0.433 e. The normalized spacial score (nSPS) is 11.6. The zero-order chi connectivity index (χ0) is 15.5. The molecule has 1 aromatic carbocycles. The minimum atomic E-state index is -4.65. The number of aromatic nitrogens is 2. The maximum atomic E-state index is 12.5. The van der Waals surface area contributed by atoms with Gasteiger partial charge < -0.3 is 10.1 Å². The van der Waals surface area contributed by atoms with Crippen molar-refractivity contribution in [3.05, 3.63) is 57.5 Å². The van der Waals surface area contributed by atoms with Crippen LogP contribution in [0.25, 0.3) is 0 Å². The van der Waals surface area contributed by atoms with Crippen LogP contribution in [0.1, 0.15) is 16.8 Å². The van der Waals surface area contributed by atoms with Gasteiger partial charge in [0.05, 0.1) is 6.61 Å². The summed E-state index contributed by atoms with van der Waals surface area (Å²) in [6.07, 6.45) is -4.65. The van der Waals surface area contributed by atoms with Gasteiger partial charge in [0.1, 0.15) is 0 Å². The van der Waals surface area contributed by atoms with E-state index in [-0.39, 0.29) is 11.8 Å². The fourth-order valence-electron chi connectivity index (χ4n) is 1.54. The summed E-state index contributed by atoms with van der Waals surface area (Å²) >= 11 is 1.00. The maximum absolute atomic E-state index is 12.5. The summed E-state index contributed by atoms with van der Waals surface area (Å²) < 4.78 is 37.6. The van der Waals surface area contributed by atoms with E-state index in [2.05, 4.69) is 9.97 Å². The van der Waals surface area contributed by atoms with Gasteiger partial charge in [0.2, 0.25) is 0 Å². The summed E-state index contributed by atoms with van der Waals surface area (Å²) in [5, 5.41) is 8.83. The van der Waals surface area contributed by atoms with Gasteiger partial charge in [-0.05, 0) is 11.1 Å². The average molecular weight is 316 g/mol. The number of nitrogens with one attached hydrogen (secondary N) is 1. The molecule has 0 aliphatic carbocycles. The summed E-state index contributed by atoms with van der Waals surface area (Å²) in [6.45, 7) is -0.0735. The molecule has 112 valence electrons. The monoisotopic (exact) mass is 316 g/mol. The number of benzene rings is 1. The van der Waals surface area contributed by atoms with Crippen molar-refractivity contribution in [3.8, 4) is 0 Å². The predicted octanol–water partition coefficient (Wildman–Crippen LogP) is 2.57. The fraction of sp³-hybridized carbons (Fsp3) is 0.231. The van der Waals surface area contributed by atoms with Crippen molar-refractivity contribution in [3.63, 3.8) is 0 Å². The van der Waals surface area contributed by atoms with Crippen LogP contribution < -0.4 is 5.56 Å². The minimum absolute atomic E-state index is 0.0735. The van der Waals surface area contributed by atoms with Crippen LogP contribution in [0.4, 0.5) is 13.2 Å². The molecule has 2 N–H and O–H groups in total. The number of rotatable bonds is 4. The van der Waals surface area contributed by atoms with E-state index in [0.717, 1.165) is 22.9 Å². The number of aliphatic hydroxyl groups excluding tert-OH is 1. The quantitative estimate of drug-likeness (QED) is 0.672.